The second kappa shape index (κ2) is 4.18. The maximum atomic E-state index is 5.72. The van der Waals surface area contributed by atoms with Crippen LogP contribution in [0.25, 0.3) is 0 Å². The lowest BCUT2D eigenvalue weighted by molar-refractivity contribution is 0.111. The second-order valence-electron chi connectivity index (χ2n) is 1.94. The van der Waals surface area contributed by atoms with Crippen LogP contribution in [-0.2, 0) is 4.84 Å². The molecule has 1 rings (SSSR count). The Morgan fingerprint density at radius 3 is 2.91 bits per heavy atom. The summed E-state index contributed by atoms with van der Waals surface area (Å²) >= 11 is 5.72. The van der Waals surface area contributed by atoms with Gasteiger partial charge in [0.2, 0.25) is 0 Å². The molecule has 11 heavy (non-hydrogen) atoms. The smallest absolute Gasteiger partial charge is 0.0593 e. The fraction of sp³-hybridized carbons (Fsp3) is 0.143. The molecule has 0 bridgehead atoms. The molecule has 0 atom stereocenters. The Balaban J connectivity index is 2.56. The third-order valence-corrected chi connectivity index (χ3v) is 1.36. The lowest BCUT2D eigenvalue weighted by Gasteiger charge is -2.04. The summed E-state index contributed by atoms with van der Waals surface area (Å²) < 4.78 is 0. The van der Waals surface area contributed by atoms with Crippen LogP contribution >= 0.6 is 11.6 Å². The van der Waals surface area contributed by atoms with Crippen molar-refractivity contribution in [3.8, 4) is 0 Å². The summed E-state index contributed by atoms with van der Waals surface area (Å²) in [5, 5.41) is 0.688. The molecule has 4 heteroatoms. The summed E-state index contributed by atoms with van der Waals surface area (Å²) in [7, 11) is 1.53. The minimum absolute atomic E-state index is 0.688. The third kappa shape index (κ3) is 2.76. The Morgan fingerprint density at radius 2 is 2.27 bits per heavy atom. The van der Waals surface area contributed by atoms with E-state index in [1.54, 1.807) is 12.1 Å². The number of hydrogen-bond acceptors (Lipinski definition) is 3. The van der Waals surface area contributed by atoms with Crippen LogP contribution in [0, 0.1) is 0 Å². The minimum Gasteiger partial charge on any atom is -0.299 e. The van der Waals surface area contributed by atoms with Crippen LogP contribution in [0.3, 0.4) is 0 Å². The van der Waals surface area contributed by atoms with Gasteiger partial charge >= 0.3 is 0 Å². The quantitative estimate of drug-likeness (QED) is 0.683. The molecule has 0 aliphatic rings. The highest BCUT2D eigenvalue weighted by molar-refractivity contribution is 6.30. The topological polar surface area (TPSA) is 33.3 Å². The molecular weight excluding hydrogens is 164 g/mol. The average Bonchev–Trinajstić information content (AvgIpc) is 2.01. The number of hydrogen-bond donors (Lipinski definition) is 2. The van der Waals surface area contributed by atoms with Crippen LogP contribution in [0.5, 0.6) is 0 Å². The molecule has 1 aromatic carbocycles. The average molecular weight is 173 g/mol. The Morgan fingerprint density at radius 1 is 1.45 bits per heavy atom. The van der Waals surface area contributed by atoms with Crippen molar-refractivity contribution in [1.82, 2.24) is 5.59 Å². The van der Waals surface area contributed by atoms with Gasteiger partial charge in [0.15, 0.2) is 0 Å². The number of rotatable bonds is 3. The highest BCUT2D eigenvalue weighted by atomic mass is 35.5. The molecule has 0 spiro atoms. The molecule has 0 unspecified atom stereocenters. The fourth-order valence-corrected chi connectivity index (χ4v) is 0.866. The van der Waals surface area contributed by atoms with E-state index in [2.05, 4.69) is 15.9 Å². The molecule has 0 aliphatic heterocycles. The van der Waals surface area contributed by atoms with Gasteiger partial charge in [0.25, 0.3) is 0 Å². The van der Waals surface area contributed by atoms with Crippen molar-refractivity contribution < 1.29 is 4.84 Å². The number of hydrazine groups is 1. The first kappa shape index (κ1) is 8.33. The molecule has 3 nitrogen and oxygen atoms in total. The summed E-state index contributed by atoms with van der Waals surface area (Å²) in [4.78, 5) is 4.58. The summed E-state index contributed by atoms with van der Waals surface area (Å²) in [6, 6.07) is 7.31. The molecule has 2 N–H and O–H groups in total. The van der Waals surface area contributed by atoms with Gasteiger partial charge in [0.05, 0.1) is 12.8 Å². The number of benzene rings is 1. The van der Waals surface area contributed by atoms with E-state index in [0.29, 0.717) is 5.02 Å². The van der Waals surface area contributed by atoms with Crippen molar-refractivity contribution >= 4 is 17.3 Å². The lowest BCUT2D eigenvalue weighted by atomic mass is 10.3. The van der Waals surface area contributed by atoms with Crippen molar-refractivity contribution in [2.24, 2.45) is 0 Å². The van der Waals surface area contributed by atoms with Gasteiger partial charge in [-0.3, -0.25) is 10.3 Å². The predicted molar refractivity (Wildman–Crippen MR) is 45.2 cm³/mol. The standard InChI is InChI=1S/C7H9ClN2O/c1-11-10-9-7-4-2-3-6(8)5-7/h2-5,9-10H,1H3. The van der Waals surface area contributed by atoms with Gasteiger partial charge in [0.1, 0.15) is 0 Å². The molecule has 0 aliphatic carbocycles. The molecule has 60 valence electrons. The minimum atomic E-state index is 0.688. The highest BCUT2D eigenvalue weighted by Crippen LogP contribution is 2.13. The van der Waals surface area contributed by atoms with E-state index in [-0.39, 0.29) is 0 Å². The molecule has 0 saturated heterocycles. The van der Waals surface area contributed by atoms with Gasteiger partial charge < -0.3 is 0 Å². The fourth-order valence-electron chi connectivity index (χ4n) is 0.676. The molecular formula is C7H9ClN2O. The van der Waals surface area contributed by atoms with Gasteiger partial charge in [-0.05, 0) is 18.2 Å². The zero-order valence-corrected chi connectivity index (χ0v) is 6.85. The Labute approximate surface area is 70.2 Å². The van der Waals surface area contributed by atoms with E-state index in [1.807, 2.05) is 12.1 Å². The zero-order valence-electron chi connectivity index (χ0n) is 6.10. The van der Waals surface area contributed by atoms with Crippen molar-refractivity contribution in [1.29, 1.82) is 0 Å². The van der Waals surface area contributed by atoms with E-state index in [0.717, 1.165) is 5.69 Å². The van der Waals surface area contributed by atoms with E-state index in [4.69, 9.17) is 11.6 Å². The molecule has 0 aromatic heterocycles. The number of halogens is 1. The van der Waals surface area contributed by atoms with Crippen molar-refractivity contribution in [2.45, 2.75) is 0 Å². The normalized spacial score (nSPS) is 9.64. The first-order valence-electron chi connectivity index (χ1n) is 3.12. The van der Waals surface area contributed by atoms with Crippen LogP contribution < -0.4 is 11.0 Å². The lowest BCUT2D eigenvalue weighted by Crippen LogP contribution is -2.19. The van der Waals surface area contributed by atoms with E-state index < -0.39 is 0 Å². The van der Waals surface area contributed by atoms with E-state index >= 15 is 0 Å². The van der Waals surface area contributed by atoms with Crippen molar-refractivity contribution in [2.75, 3.05) is 12.5 Å². The van der Waals surface area contributed by atoms with Gasteiger partial charge in [-0.15, -0.1) is 5.59 Å². The van der Waals surface area contributed by atoms with Gasteiger partial charge in [-0.25, -0.2) is 0 Å². The molecule has 0 radical (unpaired) electrons. The largest absolute Gasteiger partial charge is 0.299 e. The van der Waals surface area contributed by atoms with Crippen LogP contribution in [0.15, 0.2) is 24.3 Å². The highest BCUT2D eigenvalue weighted by Gasteiger charge is 1.89. The Bertz CT molecular complexity index is 229. The van der Waals surface area contributed by atoms with Gasteiger partial charge in [-0.2, -0.15) is 0 Å². The molecule has 0 fully saturated rings. The van der Waals surface area contributed by atoms with Crippen molar-refractivity contribution in [3.63, 3.8) is 0 Å². The van der Waals surface area contributed by atoms with Crippen LogP contribution in [-0.4, -0.2) is 7.11 Å². The summed E-state index contributed by atoms with van der Waals surface area (Å²) in [6.07, 6.45) is 0. The molecule has 1 aromatic rings. The van der Waals surface area contributed by atoms with E-state index in [9.17, 15) is 0 Å². The first-order valence-corrected chi connectivity index (χ1v) is 3.50. The maximum Gasteiger partial charge on any atom is 0.0593 e. The van der Waals surface area contributed by atoms with Gasteiger partial charge in [-0.1, -0.05) is 17.7 Å². The SMILES string of the molecule is CONNc1cccc(Cl)c1. The second-order valence-corrected chi connectivity index (χ2v) is 2.38. The van der Waals surface area contributed by atoms with E-state index in [1.165, 1.54) is 7.11 Å². The number of anilines is 1. The summed E-state index contributed by atoms with van der Waals surface area (Å²) in [5.74, 6) is 0. The molecule has 0 heterocycles. The van der Waals surface area contributed by atoms with Gasteiger partial charge in [0, 0.05) is 5.02 Å². The Kier molecular flexibility index (Phi) is 3.16. The Hall–Kier alpha value is -0.770. The summed E-state index contributed by atoms with van der Waals surface area (Å²) in [6.45, 7) is 0. The predicted octanol–water partition coefficient (Wildman–Crippen LogP) is 1.82. The third-order valence-electron chi connectivity index (χ3n) is 1.12. The van der Waals surface area contributed by atoms with Crippen molar-refractivity contribution in [3.05, 3.63) is 29.3 Å². The monoisotopic (exact) mass is 172 g/mol. The number of nitrogens with one attached hydrogen (secondary N) is 2. The molecule has 0 amide bonds. The summed E-state index contributed by atoms with van der Waals surface area (Å²) in [5.41, 5.74) is 6.12. The maximum absolute atomic E-state index is 5.72. The zero-order chi connectivity index (χ0) is 8.10. The first-order chi connectivity index (χ1) is 5.33. The van der Waals surface area contributed by atoms with Crippen LogP contribution in [0.4, 0.5) is 5.69 Å². The molecule has 0 saturated carbocycles. The van der Waals surface area contributed by atoms with Crippen LogP contribution in [0.1, 0.15) is 0 Å². The van der Waals surface area contributed by atoms with Crippen LogP contribution in [0.2, 0.25) is 5.02 Å².